The molecule has 6 nitrogen and oxygen atoms in total. The van der Waals surface area contributed by atoms with Crippen molar-refractivity contribution in [2.24, 2.45) is 0 Å². The van der Waals surface area contributed by atoms with Crippen molar-refractivity contribution in [2.45, 2.75) is 11.7 Å². The van der Waals surface area contributed by atoms with E-state index in [1.807, 2.05) is 16.7 Å². The second-order valence-corrected chi connectivity index (χ2v) is 6.35. The Balaban J connectivity index is 1.70. The topological polar surface area (TPSA) is 72.7 Å². The van der Waals surface area contributed by atoms with Gasteiger partial charge in [-0.05, 0) is 24.3 Å². The second kappa shape index (κ2) is 8.54. The number of nitrogens with one attached hydrogen (secondary N) is 1. The minimum absolute atomic E-state index is 0.0324. The first-order chi connectivity index (χ1) is 13.1. The molecule has 9 heteroatoms. The van der Waals surface area contributed by atoms with Crippen LogP contribution in [0.4, 0.5) is 14.5 Å². The molecule has 0 bridgehead atoms. The van der Waals surface area contributed by atoms with Crippen molar-refractivity contribution in [1.29, 1.82) is 0 Å². The van der Waals surface area contributed by atoms with E-state index in [2.05, 4.69) is 27.1 Å². The van der Waals surface area contributed by atoms with Gasteiger partial charge in [0, 0.05) is 36.3 Å². The fraction of sp³-hybridized carbons (Fsp3) is 0.111. The summed E-state index contributed by atoms with van der Waals surface area (Å²) in [4.78, 5) is 16.1. The normalized spacial score (nSPS) is 10.6. The van der Waals surface area contributed by atoms with Crippen LogP contribution in [-0.2, 0) is 11.3 Å². The first-order valence-electron chi connectivity index (χ1n) is 7.90. The number of benzene rings is 1. The van der Waals surface area contributed by atoms with Crippen LogP contribution in [-0.4, -0.2) is 31.4 Å². The van der Waals surface area contributed by atoms with E-state index in [-0.39, 0.29) is 17.3 Å². The molecule has 0 saturated heterocycles. The van der Waals surface area contributed by atoms with E-state index < -0.39 is 11.6 Å². The van der Waals surface area contributed by atoms with E-state index in [0.717, 1.165) is 17.7 Å². The quantitative estimate of drug-likeness (QED) is 0.496. The summed E-state index contributed by atoms with van der Waals surface area (Å²) in [5, 5.41) is 11.4. The first kappa shape index (κ1) is 18.7. The van der Waals surface area contributed by atoms with Gasteiger partial charge in [-0.15, -0.1) is 16.8 Å². The van der Waals surface area contributed by atoms with Crippen molar-refractivity contribution >= 4 is 23.4 Å². The molecule has 1 N–H and O–H groups in total. The maximum absolute atomic E-state index is 13.2. The average molecular weight is 387 g/mol. The Kier molecular flexibility index (Phi) is 5.92. The molecule has 2 aromatic heterocycles. The third-order valence-electron chi connectivity index (χ3n) is 3.50. The van der Waals surface area contributed by atoms with Crippen LogP contribution < -0.4 is 5.32 Å². The third kappa shape index (κ3) is 4.56. The van der Waals surface area contributed by atoms with Crippen LogP contribution in [0.3, 0.4) is 0 Å². The molecule has 27 heavy (non-hydrogen) atoms. The van der Waals surface area contributed by atoms with Gasteiger partial charge in [-0.2, -0.15) is 0 Å². The van der Waals surface area contributed by atoms with Gasteiger partial charge in [-0.1, -0.05) is 17.8 Å². The molecule has 1 amide bonds. The molecule has 2 heterocycles. The molecule has 0 spiro atoms. The lowest BCUT2D eigenvalue weighted by Gasteiger charge is -2.08. The number of halogens is 2. The van der Waals surface area contributed by atoms with Crippen molar-refractivity contribution in [1.82, 2.24) is 19.7 Å². The molecule has 0 aliphatic heterocycles. The first-order valence-corrected chi connectivity index (χ1v) is 8.89. The summed E-state index contributed by atoms with van der Waals surface area (Å²) in [5.41, 5.74) is 1.03. The molecule has 1 aromatic carbocycles. The maximum Gasteiger partial charge on any atom is 0.234 e. The van der Waals surface area contributed by atoms with E-state index in [1.54, 1.807) is 18.5 Å². The molecule has 0 fully saturated rings. The summed E-state index contributed by atoms with van der Waals surface area (Å²) in [6.07, 6.45) is 5.02. The second-order valence-electron chi connectivity index (χ2n) is 5.41. The summed E-state index contributed by atoms with van der Waals surface area (Å²) in [6, 6.07) is 6.81. The highest BCUT2D eigenvalue weighted by Crippen LogP contribution is 2.24. The summed E-state index contributed by atoms with van der Waals surface area (Å²) in [7, 11) is 0. The number of pyridine rings is 1. The Morgan fingerprint density at radius 2 is 1.96 bits per heavy atom. The maximum atomic E-state index is 13.2. The fourth-order valence-electron chi connectivity index (χ4n) is 2.30. The van der Waals surface area contributed by atoms with Crippen LogP contribution in [0.15, 0.2) is 60.5 Å². The predicted molar refractivity (Wildman–Crippen MR) is 99.2 cm³/mol. The SMILES string of the molecule is C=CCn1c(SCC(=O)Nc2ccc(F)c(F)c2)nnc1-c1ccncc1. The number of rotatable bonds is 7. The van der Waals surface area contributed by atoms with E-state index in [9.17, 15) is 13.6 Å². The van der Waals surface area contributed by atoms with Crippen molar-refractivity contribution in [3.05, 3.63) is 67.0 Å². The zero-order valence-electron chi connectivity index (χ0n) is 14.1. The highest BCUT2D eigenvalue weighted by Gasteiger charge is 2.15. The van der Waals surface area contributed by atoms with Crippen LogP contribution >= 0.6 is 11.8 Å². The lowest BCUT2D eigenvalue weighted by atomic mass is 10.2. The standard InChI is InChI=1S/C18H15F2N5OS/c1-2-9-25-17(12-5-7-21-8-6-12)23-24-18(25)27-11-16(26)22-13-3-4-14(19)15(20)10-13/h2-8,10H,1,9,11H2,(H,22,26). The van der Waals surface area contributed by atoms with Crippen LogP contribution in [0.25, 0.3) is 11.4 Å². The average Bonchev–Trinajstić information content (AvgIpc) is 3.07. The Bertz CT molecular complexity index is 962. The minimum Gasteiger partial charge on any atom is -0.325 e. The number of aromatic nitrogens is 4. The Hall–Kier alpha value is -3.07. The molecule has 3 rings (SSSR count). The van der Waals surface area contributed by atoms with Gasteiger partial charge in [-0.25, -0.2) is 8.78 Å². The lowest BCUT2D eigenvalue weighted by molar-refractivity contribution is -0.113. The van der Waals surface area contributed by atoms with E-state index in [4.69, 9.17) is 0 Å². The number of anilines is 1. The van der Waals surface area contributed by atoms with Gasteiger partial charge in [0.1, 0.15) is 0 Å². The number of allylic oxidation sites excluding steroid dienone is 1. The van der Waals surface area contributed by atoms with Crippen LogP contribution in [0.5, 0.6) is 0 Å². The fourth-order valence-corrected chi connectivity index (χ4v) is 3.05. The van der Waals surface area contributed by atoms with Gasteiger partial charge in [0.15, 0.2) is 22.6 Å². The number of thioether (sulfide) groups is 1. The molecule has 0 atom stereocenters. The summed E-state index contributed by atoms with van der Waals surface area (Å²) in [6.45, 7) is 4.20. The third-order valence-corrected chi connectivity index (χ3v) is 4.47. The van der Waals surface area contributed by atoms with Gasteiger partial charge in [0.2, 0.25) is 5.91 Å². The van der Waals surface area contributed by atoms with E-state index >= 15 is 0 Å². The largest absolute Gasteiger partial charge is 0.325 e. The van der Waals surface area contributed by atoms with E-state index in [1.165, 1.54) is 17.8 Å². The number of nitrogens with zero attached hydrogens (tertiary/aromatic N) is 4. The molecule has 0 aliphatic carbocycles. The minimum atomic E-state index is -1.02. The molecule has 3 aromatic rings. The molecule has 0 radical (unpaired) electrons. The lowest BCUT2D eigenvalue weighted by Crippen LogP contribution is -2.15. The Labute approximate surface area is 158 Å². The number of carbonyl (C=O) groups excluding carboxylic acids is 1. The van der Waals surface area contributed by atoms with Gasteiger partial charge in [0.25, 0.3) is 0 Å². The van der Waals surface area contributed by atoms with Gasteiger partial charge in [-0.3, -0.25) is 14.3 Å². The Morgan fingerprint density at radius 1 is 1.19 bits per heavy atom. The molecule has 0 unspecified atom stereocenters. The smallest absolute Gasteiger partial charge is 0.234 e. The number of amides is 1. The van der Waals surface area contributed by atoms with Gasteiger partial charge in [0.05, 0.1) is 5.75 Å². The Morgan fingerprint density at radius 3 is 2.67 bits per heavy atom. The van der Waals surface area contributed by atoms with Gasteiger partial charge >= 0.3 is 0 Å². The van der Waals surface area contributed by atoms with Crippen LogP contribution in [0.1, 0.15) is 0 Å². The van der Waals surface area contributed by atoms with Crippen LogP contribution in [0.2, 0.25) is 0 Å². The number of hydrogen-bond donors (Lipinski definition) is 1. The van der Waals surface area contributed by atoms with E-state index in [0.29, 0.717) is 17.5 Å². The molecule has 0 aliphatic rings. The summed E-state index contributed by atoms with van der Waals surface area (Å²) in [5.74, 6) is -1.69. The number of carbonyl (C=O) groups is 1. The molecule has 0 saturated carbocycles. The van der Waals surface area contributed by atoms with Crippen LogP contribution in [0, 0.1) is 11.6 Å². The van der Waals surface area contributed by atoms with Crippen molar-refractivity contribution < 1.29 is 13.6 Å². The molecular formula is C18H15F2N5OS. The highest BCUT2D eigenvalue weighted by molar-refractivity contribution is 7.99. The van der Waals surface area contributed by atoms with Crippen molar-refractivity contribution in [2.75, 3.05) is 11.1 Å². The van der Waals surface area contributed by atoms with Gasteiger partial charge < -0.3 is 5.32 Å². The number of hydrogen-bond acceptors (Lipinski definition) is 5. The zero-order valence-corrected chi connectivity index (χ0v) is 14.9. The molecular weight excluding hydrogens is 372 g/mol. The zero-order chi connectivity index (χ0) is 19.2. The van der Waals surface area contributed by atoms with Crippen molar-refractivity contribution in [3.63, 3.8) is 0 Å². The summed E-state index contributed by atoms with van der Waals surface area (Å²) < 4.78 is 28.0. The predicted octanol–water partition coefficient (Wildman–Crippen LogP) is 3.54. The highest BCUT2D eigenvalue weighted by atomic mass is 32.2. The van der Waals surface area contributed by atoms with Crippen molar-refractivity contribution in [3.8, 4) is 11.4 Å². The summed E-state index contributed by atoms with van der Waals surface area (Å²) >= 11 is 1.18. The molecule has 138 valence electrons. The monoisotopic (exact) mass is 387 g/mol.